The molecule has 2 heterocycles. The minimum atomic E-state index is 0.644. The lowest BCUT2D eigenvalue weighted by molar-refractivity contribution is 1.22. The van der Waals surface area contributed by atoms with E-state index in [0.717, 1.165) is 0 Å². The van der Waals surface area contributed by atoms with Crippen molar-refractivity contribution in [3.8, 4) is 0 Å². The summed E-state index contributed by atoms with van der Waals surface area (Å²) >= 11 is 0. The Hall–Kier alpha value is -1.51. The number of aromatic nitrogens is 3. The number of rotatable bonds is 0. The van der Waals surface area contributed by atoms with E-state index >= 15 is 0 Å². The molecule has 0 saturated heterocycles. The number of nitrogens with zero attached hydrogens (tertiary/aromatic N) is 3. The Morgan fingerprint density at radius 3 is 2.70 bits per heavy atom. The van der Waals surface area contributed by atoms with Gasteiger partial charge in [-0.3, -0.25) is 4.98 Å². The second-order valence-corrected chi connectivity index (χ2v) is 1.82. The van der Waals surface area contributed by atoms with Crippen LogP contribution in [0.3, 0.4) is 0 Å². The van der Waals surface area contributed by atoms with E-state index in [-0.39, 0.29) is 0 Å². The van der Waals surface area contributed by atoms with E-state index in [1.165, 1.54) is 0 Å². The molecule has 2 aromatic heterocycles. The molecular formula is C7H4N3. The molecule has 47 valence electrons. The molecule has 0 spiro atoms. The molecule has 0 bridgehead atoms. The lowest BCUT2D eigenvalue weighted by Gasteiger charge is -1.89. The third-order valence-electron chi connectivity index (χ3n) is 1.17. The summed E-state index contributed by atoms with van der Waals surface area (Å²) < 4.78 is 0. The van der Waals surface area contributed by atoms with Gasteiger partial charge in [0.25, 0.3) is 0 Å². The maximum atomic E-state index is 4.00. The highest BCUT2D eigenvalue weighted by Gasteiger charge is 1.90. The predicted octanol–water partition coefficient (Wildman–Crippen LogP) is 0.825. The van der Waals surface area contributed by atoms with Gasteiger partial charge >= 0.3 is 0 Å². The van der Waals surface area contributed by atoms with E-state index in [4.69, 9.17) is 0 Å². The summed E-state index contributed by atoms with van der Waals surface area (Å²) in [5.41, 5.74) is 1.36. The van der Waals surface area contributed by atoms with E-state index in [1.807, 2.05) is 0 Å². The van der Waals surface area contributed by atoms with Crippen LogP contribution >= 0.6 is 0 Å². The number of hydrogen-bond donors (Lipinski definition) is 0. The smallest absolute Gasteiger partial charge is 0.178 e. The fourth-order valence-corrected chi connectivity index (χ4v) is 0.751. The molecule has 0 N–H and O–H groups in total. The fraction of sp³-hybridized carbons (Fsp3) is 0. The minimum Gasteiger partial charge on any atom is -0.251 e. The first-order valence-corrected chi connectivity index (χ1v) is 2.90. The molecule has 2 aromatic rings. The van der Waals surface area contributed by atoms with Crippen molar-refractivity contribution in [2.45, 2.75) is 0 Å². The lowest BCUT2D eigenvalue weighted by Crippen LogP contribution is -1.83. The summed E-state index contributed by atoms with van der Waals surface area (Å²) in [6, 6.07) is 4.63. The lowest BCUT2D eigenvalue weighted by atomic mass is 10.4. The highest BCUT2D eigenvalue weighted by molar-refractivity contribution is 5.67. The largest absolute Gasteiger partial charge is 0.251 e. The second kappa shape index (κ2) is 2.02. The highest BCUT2D eigenvalue weighted by Crippen LogP contribution is 1.99. The summed E-state index contributed by atoms with van der Waals surface area (Å²) in [6.07, 6.45) is 4.89. The van der Waals surface area contributed by atoms with Gasteiger partial charge < -0.3 is 0 Å². The molecule has 0 amide bonds. The van der Waals surface area contributed by atoms with Gasteiger partial charge in [0.05, 0.1) is 0 Å². The Morgan fingerprint density at radius 1 is 1.00 bits per heavy atom. The third-order valence-corrected chi connectivity index (χ3v) is 1.17. The normalized spacial score (nSPS) is 10.0. The molecule has 0 aliphatic heterocycles. The minimum absolute atomic E-state index is 0.644. The molecule has 1 radical (unpaired) electrons. The zero-order valence-corrected chi connectivity index (χ0v) is 5.15. The summed E-state index contributed by atoms with van der Waals surface area (Å²) in [5, 5.41) is 0. The molecule has 0 saturated carbocycles. The summed E-state index contributed by atoms with van der Waals surface area (Å²) in [7, 11) is 0. The first-order chi connectivity index (χ1) is 4.97. The SMILES string of the molecule is [c]1ccnc2nccnc12. The summed E-state index contributed by atoms with van der Waals surface area (Å²) in [5.74, 6) is 0. The fourth-order valence-electron chi connectivity index (χ4n) is 0.751. The van der Waals surface area contributed by atoms with E-state index in [2.05, 4.69) is 21.0 Å². The van der Waals surface area contributed by atoms with Crippen molar-refractivity contribution in [2.75, 3.05) is 0 Å². The van der Waals surface area contributed by atoms with Gasteiger partial charge in [0, 0.05) is 24.7 Å². The van der Waals surface area contributed by atoms with E-state index in [0.29, 0.717) is 11.2 Å². The maximum Gasteiger partial charge on any atom is 0.178 e. The van der Waals surface area contributed by atoms with Crippen LogP contribution in [0.5, 0.6) is 0 Å². The van der Waals surface area contributed by atoms with Crippen molar-refractivity contribution < 1.29 is 0 Å². The van der Waals surface area contributed by atoms with Crippen LogP contribution in [0.4, 0.5) is 0 Å². The van der Waals surface area contributed by atoms with Crippen molar-refractivity contribution in [1.29, 1.82) is 0 Å². The predicted molar refractivity (Wildman–Crippen MR) is 36.2 cm³/mol. The van der Waals surface area contributed by atoms with Crippen LogP contribution in [0.15, 0.2) is 24.7 Å². The van der Waals surface area contributed by atoms with Crippen molar-refractivity contribution in [3.05, 3.63) is 30.7 Å². The Morgan fingerprint density at radius 2 is 1.80 bits per heavy atom. The summed E-state index contributed by atoms with van der Waals surface area (Å²) in [6.45, 7) is 0. The monoisotopic (exact) mass is 130 g/mol. The maximum absolute atomic E-state index is 4.00. The molecule has 0 atom stereocenters. The van der Waals surface area contributed by atoms with Gasteiger partial charge in [0.1, 0.15) is 5.52 Å². The zero-order chi connectivity index (χ0) is 6.81. The molecule has 3 heteroatoms. The Labute approximate surface area is 57.8 Å². The van der Waals surface area contributed by atoms with Crippen LogP contribution in [0.1, 0.15) is 0 Å². The van der Waals surface area contributed by atoms with Gasteiger partial charge in [-0.2, -0.15) is 0 Å². The van der Waals surface area contributed by atoms with Gasteiger partial charge in [-0.25, -0.2) is 9.97 Å². The van der Waals surface area contributed by atoms with Crippen LogP contribution in [-0.2, 0) is 0 Å². The molecule has 0 unspecified atom stereocenters. The van der Waals surface area contributed by atoms with E-state index in [1.54, 1.807) is 24.7 Å². The van der Waals surface area contributed by atoms with Gasteiger partial charge in [-0.15, -0.1) is 0 Å². The topological polar surface area (TPSA) is 38.7 Å². The molecule has 3 nitrogen and oxygen atoms in total. The molecule has 0 aromatic carbocycles. The van der Waals surface area contributed by atoms with Crippen molar-refractivity contribution in [2.24, 2.45) is 0 Å². The van der Waals surface area contributed by atoms with Crippen LogP contribution < -0.4 is 0 Å². The van der Waals surface area contributed by atoms with Gasteiger partial charge in [-0.1, -0.05) is 0 Å². The molecule has 10 heavy (non-hydrogen) atoms. The first kappa shape index (κ1) is 5.29. The number of hydrogen-bond acceptors (Lipinski definition) is 3. The highest BCUT2D eigenvalue weighted by atomic mass is 14.9. The molecule has 0 aliphatic carbocycles. The Bertz CT molecular complexity index is 280. The molecule has 2 rings (SSSR count). The Kier molecular flexibility index (Phi) is 1.07. The average Bonchev–Trinajstić information content (AvgIpc) is 2.05. The first-order valence-electron chi connectivity index (χ1n) is 2.90. The molecule has 0 fully saturated rings. The second-order valence-electron chi connectivity index (χ2n) is 1.82. The van der Waals surface area contributed by atoms with E-state index < -0.39 is 0 Å². The van der Waals surface area contributed by atoms with Crippen molar-refractivity contribution >= 4 is 11.2 Å². The molecule has 0 aliphatic rings. The Balaban J connectivity index is 2.89. The third kappa shape index (κ3) is 0.719. The average molecular weight is 130 g/mol. The number of fused-ring (bicyclic) bond motifs is 1. The van der Waals surface area contributed by atoms with Crippen LogP contribution in [0, 0.1) is 6.07 Å². The van der Waals surface area contributed by atoms with Gasteiger partial charge in [-0.05, 0) is 6.07 Å². The number of pyridine rings is 1. The standard InChI is InChI=1S/C7H4N3/c1-2-6-7(9-3-1)10-5-4-8-6/h1,3-5H. The van der Waals surface area contributed by atoms with Crippen molar-refractivity contribution in [3.63, 3.8) is 0 Å². The van der Waals surface area contributed by atoms with Gasteiger partial charge in [0.15, 0.2) is 5.65 Å². The quantitative estimate of drug-likeness (QED) is 0.530. The van der Waals surface area contributed by atoms with Crippen molar-refractivity contribution in [1.82, 2.24) is 15.0 Å². The van der Waals surface area contributed by atoms with Crippen LogP contribution in [0.2, 0.25) is 0 Å². The van der Waals surface area contributed by atoms with Crippen LogP contribution in [0.25, 0.3) is 11.2 Å². The van der Waals surface area contributed by atoms with E-state index in [9.17, 15) is 0 Å². The summed E-state index contributed by atoms with van der Waals surface area (Å²) in [4.78, 5) is 12.0. The molecular weight excluding hydrogens is 126 g/mol. The zero-order valence-electron chi connectivity index (χ0n) is 5.15. The van der Waals surface area contributed by atoms with Crippen LogP contribution in [-0.4, -0.2) is 15.0 Å². The van der Waals surface area contributed by atoms with Gasteiger partial charge in [0.2, 0.25) is 0 Å².